The Morgan fingerprint density at radius 1 is 0.967 bits per heavy atom. The Balaban J connectivity index is 1.82. The lowest BCUT2D eigenvalue weighted by molar-refractivity contribution is -0.385. The predicted octanol–water partition coefficient (Wildman–Crippen LogP) is 4.16. The molecule has 3 rings (SSSR count). The van der Waals surface area contributed by atoms with Gasteiger partial charge in [-0.05, 0) is 48.5 Å². The van der Waals surface area contributed by atoms with Crippen molar-refractivity contribution >= 4 is 49.9 Å². The molecule has 0 aliphatic heterocycles. The maximum Gasteiger partial charge on any atom is 0.296 e. The number of nitro benzene ring substituents is 1. The lowest BCUT2D eigenvalue weighted by atomic mass is 10.2. The van der Waals surface area contributed by atoms with Crippen LogP contribution < -0.4 is 16.8 Å². The van der Waals surface area contributed by atoms with Gasteiger partial charge in [-0.1, -0.05) is 0 Å². The Hall–Kier alpha value is -4.03. The molecule has 0 aliphatic carbocycles. The third kappa shape index (κ3) is 4.87. The molecule has 0 bridgehead atoms. The van der Waals surface area contributed by atoms with E-state index >= 15 is 0 Å². The normalized spacial score (nSPS) is 11.5. The summed E-state index contributed by atoms with van der Waals surface area (Å²) in [5.41, 5.74) is 13.3. The molecule has 0 atom stereocenters. The summed E-state index contributed by atoms with van der Waals surface area (Å²) < 4.78 is 32.6. The van der Waals surface area contributed by atoms with E-state index in [1.807, 2.05) is 0 Å². The van der Waals surface area contributed by atoms with Crippen molar-refractivity contribution in [3.8, 4) is 0 Å². The van der Waals surface area contributed by atoms with Gasteiger partial charge >= 0.3 is 0 Å². The third-order valence-electron chi connectivity index (χ3n) is 3.93. The first-order valence-corrected chi connectivity index (χ1v) is 9.77. The second kappa shape index (κ2) is 8.14. The van der Waals surface area contributed by atoms with Gasteiger partial charge in [0.25, 0.3) is 15.8 Å². The highest BCUT2D eigenvalue weighted by Crippen LogP contribution is 2.30. The van der Waals surface area contributed by atoms with Gasteiger partial charge < -0.3 is 16.8 Å². The number of nitrogens with zero attached hydrogens (tertiary/aromatic N) is 3. The molecule has 0 unspecified atom stereocenters. The molecule has 154 valence electrons. The summed E-state index contributed by atoms with van der Waals surface area (Å²) >= 11 is 0. The van der Waals surface area contributed by atoms with Crippen molar-refractivity contribution in [3.63, 3.8) is 0 Å². The predicted molar refractivity (Wildman–Crippen MR) is 112 cm³/mol. The zero-order valence-electron chi connectivity index (χ0n) is 15.3. The molecule has 0 amide bonds. The SMILES string of the molecule is Nc1ccc(N=Nc2ccc(Nc3ccc([N+](=O)[O-])cc3S(=O)(=O)O)cc2)c(N)c1. The molecule has 0 saturated heterocycles. The fourth-order valence-electron chi connectivity index (χ4n) is 2.48. The minimum atomic E-state index is -4.69. The molecule has 3 aromatic carbocycles. The number of azo groups is 1. The average Bonchev–Trinajstić information content (AvgIpc) is 2.68. The maximum atomic E-state index is 11.6. The molecule has 30 heavy (non-hydrogen) atoms. The second-order valence-electron chi connectivity index (χ2n) is 6.10. The minimum absolute atomic E-state index is 0.0212. The Kier molecular flexibility index (Phi) is 5.62. The Labute approximate surface area is 171 Å². The molecule has 0 heterocycles. The molecule has 12 heteroatoms. The minimum Gasteiger partial charge on any atom is -0.399 e. The van der Waals surface area contributed by atoms with Crippen molar-refractivity contribution < 1.29 is 17.9 Å². The first-order chi connectivity index (χ1) is 14.1. The van der Waals surface area contributed by atoms with Gasteiger partial charge in [-0.2, -0.15) is 13.5 Å². The molecule has 6 N–H and O–H groups in total. The van der Waals surface area contributed by atoms with Crippen molar-refractivity contribution in [3.05, 3.63) is 70.8 Å². The van der Waals surface area contributed by atoms with Gasteiger partial charge in [-0.25, -0.2) is 0 Å². The van der Waals surface area contributed by atoms with Crippen molar-refractivity contribution in [2.24, 2.45) is 10.2 Å². The number of rotatable bonds is 6. The number of nitrogens with one attached hydrogen (secondary N) is 1. The van der Waals surface area contributed by atoms with E-state index < -0.39 is 25.6 Å². The Morgan fingerprint density at radius 2 is 1.67 bits per heavy atom. The van der Waals surface area contributed by atoms with E-state index in [0.29, 0.717) is 28.4 Å². The molecule has 0 radical (unpaired) electrons. The third-order valence-corrected chi connectivity index (χ3v) is 4.82. The van der Waals surface area contributed by atoms with E-state index in [1.165, 1.54) is 6.07 Å². The molecule has 0 fully saturated rings. The van der Waals surface area contributed by atoms with Gasteiger partial charge in [-0.3, -0.25) is 14.7 Å². The fraction of sp³-hybridized carbons (Fsp3) is 0. The van der Waals surface area contributed by atoms with Gasteiger partial charge in [0, 0.05) is 23.5 Å². The van der Waals surface area contributed by atoms with Crippen molar-refractivity contribution in [1.82, 2.24) is 0 Å². The lowest BCUT2D eigenvalue weighted by Crippen LogP contribution is -2.04. The number of non-ortho nitro benzene ring substituents is 1. The molecule has 0 aromatic heterocycles. The van der Waals surface area contributed by atoms with Crippen LogP contribution in [0.2, 0.25) is 0 Å². The Morgan fingerprint density at radius 3 is 2.27 bits per heavy atom. The summed E-state index contributed by atoms with van der Waals surface area (Å²) in [4.78, 5) is 9.49. The summed E-state index contributed by atoms with van der Waals surface area (Å²) in [7, 11) is -4.69. The van der Waals surface area contributed by atoms with Crippen molar-refractivity contribution in [1.29, 1.82) is 0 Å². The van der Waals surface area contributed by atoms with Crippen LogP contribution in [0.3, 0.4) is 0 Å². The highest BCUT2D eigenvalue weighted by molar-refractivity contribution is 7.86. The fourth-order valence-corrected chi connectivity index (χ4v) is 3.15. The standard InChI is InChI=1S/C18H16N6O5S/c19-11-1-7-16(15(20)9-11)23-22-13-4-2-12(3-5-13)21-17-8-6-14(24(25)26)10-18(17)30(27,28)29/h1-10,21H,19-20H2,(H,27,28,29). The highest BCUT2D eigenvalue weighted by atomic mass is 32.2. The van der Waals surface area contributed by atoms with Gasteiger partial charge in [-0.15, -0.1) is 5.11 Å². The molecule has 0 spiro atoms. The number of nitro groups is 1. The van der Waals surface area contributed by atoms with Crippen LogP contribution in [0.15, 0.2) is 75.8 Å². The van der Waals surface area contributed by atoms with Gasteiger partial charge in [0.05, 0.1) is 22.0 Å². The Bertz CT molecular complexity index is 1240. The smallest absolute Gasteiger partial charge is 0.296 e. The summed E-state index contributed by atoms with van der Waals surface area (Å²) in [5.74, 6) is 0. The van der Waals surface area contributed by atoms with Crippen LogP contribution in [0, 0.1) is 10.1 Å². The summed E-state index contributed by atoms with van der Waals surface area (Å²) in [6, 6.07) is 14.3. The number of hydrogen-bond acceptors (Lipinski definition) is 9. The van der Waals surface area contributed by atoms with Gasteiger partial charge in [0.15, 0.2) is 0 Å². The zero-order chi connectivity index (χ0) is 21.9. The van der Waals surface area contributed by atoms with Gasteiger partial charge in [0.1, 0.15) is 10.6 Å². The average molecular weight is 428 g/mol. The van der Waals surface area contributed by atoms with Crippen molar-refractivity contribution in [2.45, 2.75) is 4.90 Å². The molecule has 3 aromatic rings. The largest absolute Gasteiger partial charge is 0.399 e. The first-order valence-electron chi connectivity index (χ1n) is 8.33. The zero-order valence-corrected chi connectivity index (χ0v) is 16.1. The summed E-state index contributed by atoms with van der Waals surface area (Å²) in [6.07, 6.45) is 0. The molecule has 0 aliphatic rings. The van der Waals surface area contributed by atoms with Gasteiger partial charge in [0.2, 0.25) is 0 Å². The van der Waals surface area contributed by atoms with Crippen LogP contribution in [0.1, 0.15) is 0 Å². The second-order valence-corrected chi connectivity index (χ2v) is 7.49. The van der Waals surface area contributed by atoms with Crippen molar-refractivity contribution in [2.75, 3.05) is 16.8 Å². The van der Waals surface area contributed by atoms with E-state index in [0.717, 1.165) is 12.1 Å². The first kappa shape index (κ1) is 20.7. The molecule has 0 saturated carbocycles. The monoisotopic (exact) mass is 428 g/mol. The van der Waals surface area contributed by atoms with E-state index in [4.69, 9.17) is 11.5 Å². The van der Waals surface area contributed by atoms with E-state index in [9.17, 15) is 23.1 Å². The molecular weight excluding hydrogens is 412 g/mol. The number of hydrogen-bond donors (Lipinski definition) is 4. The topological polar surface area (TPSA) is 186 Å². The van der Waals surface area contributed by atoms with Crippen LogP contribution in [0.4, 0.5) is 39.8 Å². The summed E-state index contributed by atoms with van der Waals surface area (Å²) in [6.45, 7) is 0. The van der Waals surface area contributed by atoms with Crippen LogP contribution in [0.25, 0.3) is 0 Å². The van der Waals surface area contributed by atoms with E-state index in [1.54, 1.807) is 42.5 Å². The highest BCUT2D eigenvalue weighted by Gasteiger charge is 2.20. The molecular formula is C18H16N6O5S. The maximum absolute atomic E-state index is 11.6. The lowest BCUT2D eigenvalue weighted by Gasteiger charge is -2.10. The van der Waals surface area contributed by atoms with Crippen LogP contribution in [-0.2, 0) is 10.1 Å². The molecule has 11 nitrogen and oxygen atoms in total. The van der Waals surface area contributed by atoms with Crippen LogP contribution in [-0.4, -0.2) is 17.9 Å². The number of nitrogens with two attached hydrogens (primary N) is 2. The number of benzene rings is 3. The van der Waals surface area contributed by atoms with E-state index in [-0.39, 0.29) is 5.69 Å². The van der Waals surface area contributed by atoms with Crippen LogP contribution in [0.5, 0.6) is 0 Å². The number of anilines is 4. The quantitative estimate of drug-likeness (QED) is 0.148. The van der Waals surface area contributed by atoms with Crippen LogP contribution >= 0.6 is 0 Å². The summed E-state index contributed by atoms with van der Waals surface area (Å²) in [5, 5.41) is 21.8. The van der Waals surface area contributed by atoms with E-state index in [2.05, 4.69) is 15.5 Å². The number of nitrogen functional groups attached to an aromatic ring is 2.